The topological polar surface area (TPSA) is 69.2 Å². The number of hydrogen-bond donors (Lipinski definition) is 1. The van der Waals surface area contributed by atoms with E-state index in [1.54, 1.807) is 24.3 Å². The van der Waals surface area contributed by atoms with Crippen LogP contribution < -0.4 is 34.3 Å². The zero-order chi connectivity index (χ0) is 10.9. The van der Waals surface area contributed by atoms with Crippen molar-refractivity contribution in [2.75, 3.05) is 4.72 Å². The molecule has 1 N–H and O–H groups in total. The van der Waals surface area contributed by atoms with E-state index >= 15 is 0 Å². The number of hydrogen-bond acceptors (Lipinski definition) is 3. The fourth-order valence-corrected chi connectivity index (χ4v) is 1.90. The number of benzene rings is 2. The van der Waals surface area contributed by atoms with E-state index in [1.807, 2.05) is 22.9 Å². The van der Waals surface area contributed by atoms with Crippen LogP contribution in [0.2, 0.25) is 0 Å². The normalized spacial score (nSPS) is 10.8. The quantitative estimate of drug-likeness (QED) is 0.529. The maximum atomic E-state index is 10.6. The average molecular weight is 245 g/mol. The van der Waals surface area contributed by atoms with Gasteiger partial charge >= 0.3 is 29.6 Å². The van der Waals surface area contributed by atoms with Crippen LogP contribution in [0.3, 0.4) is 0 Å². The monoisotopic (exact) mass is 245 g/mol. The van der Waals surface area contributed by atoms with Gasteiger partial charge in [0.15, 0.2) is 10.3 Å². The molecule has 0 saturated carbocycles. The first-order valence-corrected chi connectivity index (χ1v) is 5.68. The van der Waals surface area contributed by atoms with Gasteiger partial charge in [-0.15, -0.1) is 0 Å². The second-order valence-corrected chi connectivity index (χ2v) is 4.20. The summed E-state index contributed by atoms with van der Waals surface area (Å²) in [5, 5.41) is 1.59. The molecule has 0 fully saturated rings. The Morgan fingerprint density at radius 2 is 1.62 bits per heavy atom. The molecule has 0 aliphatic heterocycles. The summed E-state index contributed by atoms with van der Waals surface area (Å²) < 4.78 is 33.7. The summed E-state index contributed by atoms with van der Waals surface area (Å²) in [4.78, 5) is 0. The van der Waals surface area contributed by atoms with E-state index in [1.165, 1.54) is 0 Å². The van der Waals surface area contributed by atoms with E-state index in [4.69, 9.17) is 0 Å². The second kappa shape index (κ2) is 5.16. The van der Waals surface area contributed by atoms with Gasteiger partial charge in [-0.3, -0.25) is 4.72 Å². The first-order chi connectivity index (χ1) is 7.06. The van der Waals surface area contributed by atoms with Crippen LogP contribution in [0.25, 0.3) is 10.8 Å². The molecule has 2 rings (SSSR count). The van der Waals surface area contributed by atoms with Crippen LogP contribution in [-0.4, -0.2) is 13.0 Å². The summed E-state index contributed by atoms with van der Waals surface area (Å²) in [5.41, 5.74) is 0.308. The average Bonchev–Trinajstić information content (AvgIpc) is 2.16. The number of rotatable bonds is 2. The summed E-state index contributed by atoms with van der Waals surface area (Å²) in [6, 6.07) is 12.3. The van der Waals surface area contributed by atoms with Gasteiger partial charge in [0.05, 0.1) is 5.69 Å². The fraction of sp³-hybridized carbons (Fsp3) is 0. The smallest absolute Gasteiger partial charge is 0.731 e. The van der Waals surface area contributed by atoms with Gasteiger partial charge in [-0.2, -0.15) is 0 Å². The Labute approximate surface area is 116 Å². The van der Waals surface area contributed by atoms with Crippen molar-refractivity contribution < 1.29 is 42.5 Å². The number of nitrogens with one attached hydrogen (secondary N) is 1. The van der Waals surface area contributed by atoms with Crippen molar-refractivity contribution in [1.82, 2.24) is 0 Å². The van der Waals surface area contributed by atoms with Gasteiger partial charge < -0.3 is 4.55 Å². The van der Waals surface area contributed by atoms with Gasteiger partial charge in [0.25, 0.3) is 0 Å². The molecule has 0 heterocycles. The standard InChI is InChI=1S/C10H9NO3S.Na/c12-15(13,14)11-10-7-3-5-8-4-1-2-6-9(8)10;/h1-7,11H,(H,12,13,14);/q;+1/p-1. The van der Waals surface area contributed by atoms with Gasteiger partial charge in [0.1, 0.15) is 0 Å². The van der Waals surface area contributed by atoms with Crippen LogP contribution in [0.5, 0.6) is 0 Å². The Balaban J connectivity index is 0.00000128. The van der Waals surface area contributed by atoms with Gasteiger partial charge in [-0.1, -0.05) is 36.4 Å². The van der Waals surface area contributed by atoms with Crippen LogP contribution in [0.15, 0.2) is 42.5 Å². The van der Waals surface area contributed by atoms with Gasteiger partial charge in [0, 0.05) is 5.39 Å². The zero-order valence-electron chi connectivity index (χ0n) is 8.67. The SMILES string of the molecule is O=S(=O)([O-])Nc1cccc2ccccc12.[Na+]. The summed E-state index contributed by atoms with van der Waals surface area (Å²) in [7, 11) is -4.47. The third-order valence-electron chi connectivity index (χ3n) is 2.02. The predicted octanol–water partition coefficient (Wildman–Crippen LogP) is -1.28. The molecule has 0 bridgehead atoms. The van der Waals surface area contributed by atoms with Crippen molar-refractivity contribution in [3.8, 4) is 0 Å². The molecular formula is C10H8NNaO3S. The largest absolute Gasteiger partial charge is 1.00 e. The minimum atomic E-state index is -4.47. The first kappa shape index (κ1) is 13.5. The van der Waals surface area contributed by atoms with Crippen molar-refractivity contribution in [2.45, 2.75) is 0 Å². The van der Waals surface area contributed by atoms with Crippen LogP contribution in [0, 0.1) is 0 Å². The predicted molar refractivity (Wildman–Crippen MR) is 57.3 cm³/mol. The molecule has 6 heteroatoms. The molecule has 0 aliphatic rings. The second-order valence-electron chi connectivity index (χ2n) is 3.08. The molecule has 2 aromatic rings. The minimum absolute atomic E-state index is 0. The van der Waals surface area contributed by atoms with E-state index in [0.717, 1.165) is 5.39 Å². The maximum Gasteiger partial charge on any atom is 1.00 e. The van der Waals surface area contributed by atoms with E-state index in [0.29, 0.717) is 11.1 Å². The van der Waals surface area contributed by atoms with Crippen molar-refractivity contribution in [3.05, 3.63) is 42.5 Å². The molecule has 16 heavy (non-hydrogen) atoms. The van der Waals surface area contributed by atoms with Gasteiger partial charge in [0.2, 0.25) is 0 Å². The number of fused-ring (bicyclic) bond motifs is 1. The third kappa shape index (κ3) is 3.20. The van der Waals surface area contributed by atoms with Crippen molar-refractivity contribution in [1.29, 1.82) is 0 Å². The molecule has 0 atom stereocenters. The maximum absolute atomic E-state index is 10.6. The van der Waals surface area contributed by atoms with E-state index in [-0.39, 0.29) is 29.6 Å². The van der Waals surface area contributed by atoms with E-state index < -0.39 is 10.3 Å². The molecule has 0 radical (unpaired) electrons. The summed E-state index contributed by atoms with van der Waals surface area (Å²) in [6.45, 7) is 0. The summed E-state index contributed by atoms with van der Waals surface area (Å²) in [6.07, 6.45) is 0. The van der Waals surface area contributed by atoms with Crippen molar-refractivity contribution in [2.24, 2.45) is 0 Å². The molecule has 2 aromatic carbocycles. The molecule has 0 aromatic heterocycles. The molecule has 0 spiro atoms. The van der Waals surface area contributed by atoms with Crippen LogP contribution >= 0.6 is 0 Å². The molecular weight excluding hydrogens is 237 g/mol. The Kier molecular flexibility index (Phi) is 4.35. The van der Waals surface area contributed by atoms with Gasteiger partial charge in [-0.05, 0) is 11.5 Å². The van der Waals surface area contributed by atoms with Crippen molar-refractivity contribution >= 4 is 26.8 Å². The molecule has 4 nitrogen and oxygen atoms in total. The van der Waals surface area contributed by atoms with Crippen LogP contribution in [0.4, 0.5) is 5.69 Å². The molecule has 0 aliphatic carbocycles. The first-order valence-electron chi connectivity index (χ1n) is 4.28. The van der Waals surface area contributed by atoms with Gasteiger partial charge in [-0.25, -0.2) is 8.42 Å². The summed E-state index contributed by atoms with van der Waals surface area (Å²) in [5.74, 6) is 0. The third-order valence-corrected chi connectivity index (χ3v) is 2.49. The fourth-order valence-electron chi connectivity index (χ4n) is 1.45. The molecule has 0 saturated heterocycles. The Morgan fingerprint density at radius 3 is 2.31 bits per heavy atom. The van der Waals surface area contributed by atoms with E-state index in [2.05, 4.69) is 0 Å². The summed E-state index contributed by atoms with van der Waals surface area (Å²) >= 11 is 0. The van der Waals surface area contributed by atoms with Crippen LogP contribution in [-0.2, 0) is 10.3 Å². The molecule has 0 amide bonds. The minimum Gasteiger partial charge on any atom is -0.731 e. The molecule has 78 valence electrons. The Hall–Kier alpha value is -0.590. The Morgan fingerprint density at radius 1 is 1.00 bits per heavy atom. The molecule has 0 unspecified atom stereocenters. The van der Waals surface area contributed by atoms with Crippen LogP contribution in [0.1, 0.15) is 0 Å². The van der Waals surface area contributed by atoms with Crippen molar-refractivity contribution in [3.63, 3.8) is 0 Å². The van der Waals surface area contributed by atoms with E-state index in [9.17, 15) is 13.0 Å². The zero-order valence-corrected chi connectivity index (χ0v) is 11.5. The Bertz CT molecular complexity index is 593. The number of anilines is 1.